The first-order valence-corrected chi connectivity index (χ1v) is 9.24. The third kappa shape index (κ3) is 5.02. The maximum absolute atomic E-state index is 12.8. The molecule has 0 fully saturated rings. The van der Waals surface area contributed by atoms with Crippen LogP contribution in [0.1, 0.15) is 12.5 Å². The van der Waals surface area contributed by atoms with E-state index in [1.54, 1.807) is 29.8 Å². The van der Waals surface area contributed by atoms with Gasteiger partial charge >= 0.3 is 11.7 Å². The molecule has 1 aromatic heterocycles. The Morgan fingerprint density at radius 3 is 2.57 bits per heavy atom. The predicted octanol–water partition coefficient (Wildman–Crippen LogP) is 3.05. The minimum absolute atomic E-state index is 0.0808. The van der Waals surface area contributed by atoms with E-state index >= 15 is 0 Å². The van der Waals surface area contributed by atoms with Crippen LogP contribution in [0.15, 0.2) is 59.5 Å². The van der Waals surface area contributed by atoms with Gasteiger partial charge in [0.25, 0.3) is 5.56 Å². The molecule has 0 aliphatic rings. The van der Waals surface area contributed by atoms with E-state index in [-0.39, 0.29) is 23.8 Å². The van der Waals surface area contributed by atoms with Gasteiger partial charge in [0, 0.05) is 29.6 Å². The number of nitrogens with zero attached hydrogens (tertiary/aromatic N) is 2. The minimum atomic E-state index is -0.561. The molecule has 1 heterocycles. The lowest BCUT2D eigenvalue weighted by Crippen LogP contribution is -2.21. The third-order valence-corrected chi connectivity index (χ3v) is 4.29. The van der Waals surface area contributed by atoms with E-state index in [0.29, 0.717) is 24.3 Å². The van der Waals surface area contributed by atoms with Crippen molar-refractivity contribution in [3.05, 3.63) is 92.9 Å². The van der Waals surface area contributed by atoms with Gasteiger partial charge in [-0.2, -0.15) is 0 Å². The molecular weight excluding hydrogens is 386 g/mol. The zero-order chi connectivity index (χ0) is 21.5. The molecule has 3 aromatic rings. The van der Waals surface area contributed by atoms with Gasteiger partial charge in [0.2, 0.25) is 0 Å². The summed E-state index contributed by atoms with van der Waals surface area (Å²) in [6.07, 6.45) is 1.67. The van der Waals surface area contributed by atoms with Crippen LogP contribution in [-0.4, -0.2) is 28.6 Å². The molecule has 0 bridgehead atoms. The molecule has 0 radical (unpaired) electrons. The Bertz CT molecular complexity index is 1090. The molecule has 0 amide bonds. The topological polar surface area (TPSA) is 103 Å². The van der Waals surface area contributed by atoms with Gasteiger partial charge in [-0.3, -0.25) is 19.7 Å². The Morgan fingerprint density at radius 1 is 1.17 bits per heavy atom. The summed E-state index contributed by atoms with van der Waals surface area (Å²) in [7, 11) is 0. The first kappa shape index (κ1) is 20.6. The van der Waals surface area contributed by atoms with Crippen LogP contribution in [-0.2, 0) is 16.1 Å². The largest absolute Gasteiger partial charge is 0.465 e. The number of anilines is 1. The molecule has 3 rings (SSSR count). The average molecular weight is 405 g/mol. The van der Waals surface area contributed by atoms with E-state index in [4.69, 9.17) is 4.74 Å². The van der Waals surface area contributed by atoms with Gasteiger partial charge in [-0.25, -0.2) is 0 Å². The van der Waals surface area contributed by atoms with Crippen LogP contribution in [0.25, 0.3) is 11.1 Å². The SMILES string of the molecule is CCOC(=O)CNc1ccc(Cn2cccc(-c3c#cc([N+](=O)[O-])cc3)c2=O)cc1. The predicted molar refractivity (Wildman–Crippen MR) is 111 cm³/mol. The van der Waals surface area contributed by atoms with Crippen LogP contribution in [0, 0.1) is 22.2 Å². The number of aromatic nitrogens is 1. The molecular formula is C22H19N3O5. The number of pyridine rings is 1. The fourth-order valence-corrected chi connectivity index (χ4v) is 2.82. The fourth-order valence-electron chi connectivity index (χ4n) is 2.82. The van der Waals surface area contributed by atoms with Crippen molar-refractivity contribution in [2.45, 2.75) is 13.5 Å². The molecule has 152 valence electrons. The van der Waals surface area contributed by atoms with Gasteiger partial charge in [0.15, 0.2) is 0 Å². The summed E-state index contributed by atoms with van der Waals surface area (Å²) < 4.78 is 6.42. The van der Waals surface area contributed by atoms with Crippen molar-refractivity contribution in [1.29, 1.82) is 0 Å². The highest BCUT2D eigenvalue weighted by Gasteiger charge is 2.09. The van der Waals surface area contributed by atoms with E-state index in [9.17, 15) is 19.7 Å². The zero-order valence-corrected chi connectivity index (χ0v) is 16.3. The lowest BCUT2D eigenvalue weighted by Gasteiger charge is -2.10. The summed E-state index contributed by atoms with van der Waals surface area (Å²) in [5, 5.41) is 13.7. The van der Waals surface area contributed by atoms with E-state index in [1.807, 2.05) is 24.3 Å². The molecule has 0 saturated carbocycles. The Hall–Kier alpha value is -4.12. The van der Waals surface area contributed by atoms with Crippen LogP contribution in [0.2, 0.25) is 0 Å². The Morgan fingerprint density at radius 2 is 1.93 bits per heavy atom. The van der Waals surface area contributed by atoms with E-state index < -0.39 is 4.92 Å². The van der Waals surface area contributed by atoms with Crippen LogP contribution in [0.5, 0.6) is 0 Å². The molecule has 0 atom stereocenters. The molecule has 1 N–H and O–H groups in total. The zero-order valence-electron chi connectivity index (χ0n) is 16.3. The average Bonchev–Trinajstić information content (AvgIpc) is 2.75. The number of nitro groups is 1. The minimum Gasteiger partial charge on any atom is -0.465 e. The Balaban J connectivity index is 1.73. The summed E-state index contributed by atoms with van der Waals surface area (Å²) >= 11 is 0. The second-order valence-corrected chi connectivity index (χ2v) is 6.35. The van der Waals surface area contributed by atoms with Gasteiger partial charge < -0.3 is 14.6 Å². The van der Waals surface area contributed by atoms with E-state index in [2.05, 4.69) is 17.4 Å². The maximum atomic E-state index is 12.8. The van der Waals surface area contributed by atoms with Crippen molar-refractivity contribution in [3.8, 4) is 11.1 Å². The molecule has 8 nitrogen and oxygen atoms in total. The van der Waals surface area contributed by atoms with Crippen LogP contribution in [0.4, 0.5) is 11.4 Å². The lowest BCUT2D eigenvalue weighted by atomic mass is 10.1. The van der Waals surface area contributed by atoms with Crippen molar-refractivity contribution in [1.82, 2.24) is 4.57 Å². The molecule has 30 heavy (non-hydrogen) atoms. The molecule has 2 aromatic carbocycles. The Labute approximate surface area is 172 Å². The number of carbonyl (C=O) groups excluding carboxylic acids is 1. The second-order valence-electron chi connectivity index (χ2n) is 6.35. The second kappa shape index (κ2) is 9.39. The normalized spacial score (nSPS) is 10.2. The number of rotatable bonds is 8. The van der Waals surface area contributed by atoms with E-state index in [1.165, 1.54) is 12.1 Å². The van der Waals surface area contributed by atoms with Crippen molar-refractivity contribution >= 4 is 17.3 Å². The van der Waals surface area contributed by atoms with Gasteiger partial charge in [0.05, 0.1) is 23.6 Å². The molecule has 8 heteroatoms. The van der Waals surface area contributed by atoms with Gasteiger partial charge in [-0.15, -0.1) is 0 Å². The van der Waals surface area contributed by atoms with Crippen LogP contribution < -0.4 is 10.9 Å². The smallest absolute Gasteiger partial charge is 0.325 e. The van der Waals surface area contributed by atoms with Crippen LogP contribution >= 0.6 is 0 Å². The molecule has 0 unspecified atom stereocenters. The van der Waals surface area contributed by atoms with E-state index in [0.717, 1.165) is 11.3 Å². The number of nitrogens with one attached hydrogen (secondary N) is 1. The highest BCUT2D eigenvalue weighted by atomic mass is 16.6. The molecule has 0 aliphatic heterocycles. The lowest BCUT2D eigenvalue weighted by molar-refractivity contribution is -0.384. The maximum Gasteiger partial charge on any atom is 0.325 e. The summed E-state index contributed by atoms with van der Waals surface area (Å²) in [6, 6.07) is 18.7. The highest BCUT2D eigenvalue weighted by molar-refractivity contribution is 5.74. The number of hydrogen-bond donors (Lipinski definition) is 1. The molecule has 0 spiro atoms. The van der Waals surface area contributed by atoms with Gasteiger partial charge in [-0.1, -0.05) is 18.2 Å². The van der Waals surface area contributed by atoms with Crippen LogP contribution in [0.3, 0.4) is 0 Å². The molecule has 0 saturated heterocycles. The summed E-state index contributed by atoms with van der Waals surface area (Å²) in [4.78, 5) is 34.4. The number of hydrogen-bond acceptors (Lipinski definition) is 6. The summed E-state index contributed by atoms with van der Waals surface area (Å²) in [5.74, 6) is -0.328. The standard InChI is InChI=1S/C22H19N3O5/c1-2-30-21(26)14-23-18-9-5-16(6-10-18)15-24-13-3-4-20(22(24)27)17-7-11-19(12-8-17)25(28)29/h3-7,9-11,13,23H,2,14-15H2,1H3. The van der Waals surface area contributed by atoms with Crippen molar-refractivity contribution in [3.63, 3.8) is 0 Å². The van der Waals surface area contributed by atoms with Crippen molar-refractivity contribution in [2.75, 3.05) is 18.5 Å². The number of carbonyl (C=O) groups is 1. The monoisotopic (exact) mass is 405 g/mol. The molecule has 0 aliphatic carbocycles. The first-order chi connectivity index (χ1) is 14.5. The first-order valence-electron chi connectivity index (χ1n) is 9.24. The fraction of sp³-hybridized carbons (Fsp3) is 0.182. The quantitative estimate of drug-likeness (QED) is 0.351. The van der Waals surface area contributed by atoms with Gasteiger partial charge in [0.1, 0.15) is 6.54 Å². The van der Waals surface area contributed by atoms with Crippen molar-refractivity contribution in [2.24, 2.45) is 0 Å². The number of benzene rings is 1. The number of ether oxygens (including phenoxy) is 1. The summed E-state index contributed by atoms with van der Waals surface area (Å²) in [6.45, 7) is 2.52. The third-order valence-electron chi connectivity index (χ3n) is 4.29. The highest BCUT2D eigenvalue weighted by Crippen LogP contribution is 2.16. The number of esters is 1. The Kier molecular flexibility index (Phi) is 6.45. The van der Waals surface area contributed by atoms with Gasteiger partial charge in [-0.05, 0) is 42.8 Å². The van der Waals surface area contributed by atoms with Crippen molar-refractivity contribution < 1.29 is 14.5 Å². The summed E-state index contributed by atoms with van der Waals surface area (Å²) in [5.41, 5.74) is 2.06.